The molecule has 4 heteroatoms. The van der Waals surface area contributed by atoms with Gasteiger partial charge in [-0.05, 0) is 39.8 Å². The second kappa shape index (κ2) is 11.9. The summed E-state index contributed by atoms with van der Waals surface area (Å²) < 4.78 is 10.4. The van der Waals surface area contributed by atoms with Gasteiger partial charge in [-0.1, -0.05) is 6.92 Å². The third kappa shape index (κ3) is 8.03. The molecule has 0 saturated heterocycles. The summed E-state index contributed by atoms with van der Waals surface area (Å²) in [6.45, 7) is 8.12. The maximum Gasteiger partial charge on any atom is 0.0615 e. The van der Waals surface area contributed by atoms with E-state index < -0.39 is 0 Å². The van der Waals surface area contributed by atoms with E-state index in [9.17, 15) is 0 Å². The van der Waals surface area contributed by atoms with Crippen molar-refractivity contribution < 1.29 is 9.47 Å². The maximum absolute atomic E-state index is 5.24. The van der Waals surface area contributed by atoms with Crippen LogP contribution in [0.3, 0.4) is 0 Å². The first-order valence-corrected chi connectivity index (χ1v) is 7.08. The molecule has 0 bridgehead atoms. The van der Waals surface area contributed by atoms with E-state index in [2.05, 4.69) is 24.1 Å². The Bertz CT molecular complexity index is 175. The van der Waals surface area contributed by atoms with Crippen LogP contribution in [-0.2, 0) is 9.47 Å². The van der Waals surface area contributed by atoms with Crippen LogP contribution in [0.4, 0.5) is 0 Å². The summed E-state index contributed by atoms with van der Waals surface area (Å²) in [6.07, 6.45) is 3.65. The van der Waals surface area contributed by atoms with Gasteiger partial charge in [0.2, 0.25) is 0 Å². The average Bonchev–Trinajstić information content (AvgIpc) is 2.38. The molecule has 0 radical (unpaired) electrons. The zero-order chi connectivity index (χ0) is 13.8. The molecule has 1 N–H and O–H groups in total. The second-order valence-electron chi connectivity index (χ2n) is 4.87. The van der Waals surface area contributed by atoms with Gasteiger partial charge in [-0.3, -0.25) is 4.90 Å². The predicted molar refractivity (Wildman–Crippen MR) is 77.2 cm³/mol. The predicted octanol–water partition coefficient (Wildman–Crippen LogP) is 1.75. The quantitative estimate of drug-likeness (QED) is 0.579. The third-order valence-corrected chi connectivity index (χ3v) is 3.51. The molecule has 110 valence electrons. The molecular formula is C14H32N2O2. The summed E-state index contributed by atoms with van der Waals surface area (Å²) in [4.78, 5) is 2.45. The Labute approximate surface area is 113 Å². The van der Waals surface area contributed by atoms with Gasteiger partial charge < -0.3 is 14.8 Å². The largest absolute Gasteiger partial charge is 0.383 e. The fraction of sp³-hybridized carbons (Fsp3) is 1.00. The summed E-state index contributed by atoms with van der Waals surface area (Å²) in [5.74, 6) is 0. The lowest BCUT2D eigenvalue weighted by atomic mass is 10.1. The van der Waals surface area contributed by atoms with E-state index in [1.807, 2.05) is 7.05 Å². The summed E-state index contributed by atoms with van der Waals surface area (Å²) in [5, 5.41) is 3.36. The van der Waals surface area contributed by atoms with Crippen molar-refractivity contribution in [2.45, 2.75) is 45.2 Å². The smallest absolute Gasteiger partial charge is 0.0615 e. The highest BCUT2D eigenvalue weighted by atomic mass is 16.5. The lowest BCUT2D eigenvalue weighted by molar-refractivity contribution is 0.0735. The zero-order valence-corrected chi connectivity index (χ0v) is 12.9. The molecule has 18 heavy (non-hydrogen) atoms. The number of nitrogens with zero attached hydrogens (tertiary/aromatic N) is 1. The van der Waals surface area contributed by atoms with E-state index in [1.54, 1.807) is 14.2 Å². The molecule has 0 spiro atoms. The molecule has 0 fully saturated rings. The normalized spacial score (nSPS) is 15.0. The molecular weight excluding hydrogens is 228 g/mol. The van der Waals surface area contributed by atoms with Crippen molar-refractivity contribution >= 4 is 0 Å². The fourth-order valence-corrected chi connectivity index (χ4v) is 2.20. The summed E-state index contributed by atoms with van der Waals surface area (Å²) in [7, 11) is 5.57. The molecule has 0 aliphatic rings. The number of hydrogen-bond acceptors (Lipinski definition) is 4. The number of nitrogens with one attached hydrogen (secondary N) is 1. The lowest BCUT2D eigenvalue weighted by Gasteiger charge is -2.29. The molecule has 2 unspecified atom stereocenters. The minimum atomic E-state index is 0.458. The van der Waals surface area contributed by atoms with Crippen LogP contribution in [0.25, 0.3) is 0 Å². The lowest BCUT2D eigenvalue weighted by Crippen LogP contribution is -2.39. The first-order valence-electron chi connectivity index (χ1n) is 7.08. The summed E-state index contributed by atoms with van der Waals surface area (Å²) in [5.41, 5.74) is 0. The van der Waals surface area contributed by atoms with Gasteiger partial charge in [0, 0.05) is 32.8 Å². The molecule has 0 aromatic heterocycles. The highest BCUT2D eigenvalue weighted by molar-refractivity contribution is 4.69. The van der Waals surface area contributed by atoms with Crippen molar-refractivity contribution in [2.75, 3.05) is 47.6 Å². The van der Waals surface area contributed by atoms with Gasteiger partial charge in [-0.15, -0.1) is 0 Å². The molecule has 0 aromatic rings. The van der Waals surface area contributed by atoms with Crippen molar-refractivity contribution in [1.82, 2.24) is 10.2 Å². The molecule has 4 nitrogen and oxygen atoms in total. The van der Waals surface area contributed by atoms with Gasteiger partial charge >= 0.3 is 0 Å². The Morgan fingerprint density at radius 2 is 1.89 bits per heavy atom. The number of rotatable bonds is 12. The van der Waals surface area contributed by atoms with Crippen molar-refractivity contribution in [3.8, 4) is 0 Å². The van der Waals surface area contributed by atoms with Crippen LogP contribution < -0.4 is 5.32 Å². The molecule has 2 atom stereocenters. The number of methoxy groups -OCH3 is 2. The summed E-state index contributed by atoms with van der Waals surface area (Å²) in [6, 6.07) is 1.10. The Hall–Kier alpha value is -0.160. The van der Waals surface area contributed by atoms with E-state index in [0.29, 0.717) is 12.1 Å². The van der Waals surface area contributed by atoms with Crippen LogP contribution in [0, 0.1) is 0 Å². The van der Waals surface area contributed by atoms with Crippen LogP contribution in [-0.4, -0.2) is 64.6 Å². The first-order chi connectivity index (χ1) is 8.69. The summed E-state index contributed by atoms with van der Waals surface area (Å²) >= 11 is 0. The van der Waals surface area contributed by atoms with Crippen LogP contribution in [0.15, 0.2) is 0 Å². The van der Waals surface area contributed by atoms with Gasteiger partial charge in [-0.2, -0.15) is 0 Å². The minimum absolute atomic E-state index is 0.458. The third-order valence-electron chi connectivity index (χ3n) is 3.51. The van der Waals surface area contributed by atoms with Gasteiger partial charge in [-0.25, -0.2) is 0 Å². The van der Waals surface area contributed by atoms with E-state index in [4.69, 9.17) is 9.47 Å². The molecule has 0 amide bonds. The van der Waals surface area contributed by atoms with Crippen LogP contribution in [0.1, 0.15) is 33.1 Å². The van der Waals surface area contributed by atoms with Crippen molar-refractivity contribution in [1.29, 1.82) is 0 Å². The van der Waals surface area contributed by atoms with E-state index in [0.717, 1.165) is 26.3 Å². The average molecular weight is 260 g/mol. The first kappa shape index (κ1) is 17.8. The Morgan fingerprint density at radius 1 is 1.17 bits per heavy atom. The number of ether oxygens (including phenoxy) is 2. The Balaban J connectivity index is 3.98. The standard InChI is InChI=1S/C14H32N2O2/c1-6-14(15-3)8-7-9-16(10-11-17-4)13(2)12-18-5/h13-15H,6-12H2,1-5H3. The van der Waals surface area contributed by atoms with Crippen molar-refractivity contribution in [3.05, 3.63) is 0 Å². The Morgan fingerprint density at radius 3 is 2.39 bits per heavy atom. The van der Waals surface area contributed by atoms with Gasteiger partial charge in [0.05, 0.1) is 13.2 Å². The molecule has 0 rings (SSSR count). The van der Waals surface area contributed by atoms with Crippen LogP contribution in [0.2, 0.25) is 0 Å². The molecule has 0 aromatic carbocycles. The highest BCUT2D eigenvalue weighted by Crippen LogP contribution is 2.06. The topological polar surface area (TPSA) is 33.7 Å². The second-order valence-corrected chi connectivity index (χ2v) is 4.87. The highest BCUT2D eigenvalue weighted by Gasteiger charge is 2.13. The van der Waals surface area contributed by atoms with Crippen molar-refractivity contribution in [2.24, 2.45) is 0 Å². The minimum Gasteiger partial charge on any atom is -0.383 e. The van der Waals surface area contributed by atoms with Gasteiger partial charge in [0.1, 0.15) is 0 Å². The molecule has 0 aliphatic carbocycles. The molecule has 0 heterocycles. The van der Waals surface area contributed by atoms with E-state index in [-0.39, 0.29) is 0 Å². The molecule has 0 aliphatic heterocycles. The Kier molecular flexibility index (Phi) is 11.8. The van der Waals surface area contributed by atoms with Gasteiger partial charge in [0.15, 0.2) is 0 Å². The molecule has 0 saturated carbocycles. The SMILES string of the molecule is CCC(CCCN(CCOC)C(C)COC)NC. The van der Waals surface area contributed by atoms with Crippen LogP contribution in [0.5, 0.6) is 0 Å². The van der Waals surface area contributed by atoms with Crippen LogP contribution >= 0.6 is 0 Å². The zero-order valence-electron chi connectivity index (χ0n) is 12.9. The van der Waals surface area contributed by atoms with Gasteiger partial charge in [0.25, 0.3) is 0 Å². The van der Waals surface area contributed by atoms with Crippen molar-refractivity contribution in [3.63, 3.8) is 0 Å². The van der Waals surface area contributed by atoms with E-state index >= 15 is 0 Å². The monoisotopic (exact) mass is 260 g/mol. The number of hydrogen-bond donors (Lipinski definition) is 1. The maximum atomic E-state index is 5.24. The fourth-order valence-electron chi connectivity index (χ4n) is 2.20. The van der Waals surface area contributed by atoms with E-state index in [1.165, 1.54) is 19.3 Å².